The maximum Gasteiger partial charge on any atom is 0.348 e. The maximum absolute atomic E-state index is 12.6. The molecule has 0 radical (unpaired) electrons. The molecule has 13 heteroatoms. The van der Waals surface area contributed by atoms with Crippen LogP contribution in [0, 0.1) is 20.8 Å². The number of thiophene rings is 1. The standard InChI is InChI=1S/C23H25ClN4O6S2/c1-11-7-14(8-12(2)18(11)24)34-9-15-26-27-23(28(15)4)35-10-16(29)25-20-17(21(30)32-5)13(3)19(36-20)22(31)33-6/h7-8H,9-10H2,1-6H3,(H,25,29). The van der Waals surface area contributed by atoms with Crippen LogP contribution in [-0.4, -0.2) is 52.6 Å². The van der Waals surface area contributed by atoms with Crippen LogP contribution in [0.5, 0.6) is 5.75 Å². The maximum atomic E-state index is 12.6. The van der Waals surface area contributed by atoms with E-state index in [1.807, 2.05) is 26.0 Å². The first-order valence-electron chi connectivity index (χ1n) is 10.6. The van der Waals surface area contributed by atoms with E-state index < -0.39 is 17.8 Å². The summed E-state index contributed by atoms with van der Waals surface area (Å²) in [5.74, 6) is -0.414. The molecule has 192 valence electrons. The smallest absolute Gasteiger partial charge is 0.348 e. The highest BCUT2D eigenvalue weighted by Crippen LogP contribution is 2.34. The summed E-state index contributed by atoms with van der Waals surface area (Å²) in [5, 5.41) is 12.4. The number of thioether (sulfide) groups is 1. The number of aromatic nitrogens is 3. The molecule has 1 amide bonds. The van der Waals surface area contributed by atoms with Crippen molar-refractivity contribution in [3.05, 3.63) is 50.1 Å². The number of nitrogens with one attached hydrogen (secondary N) is 1. The van der Waals surface area contributed by atoms with Crippen LogP contribution in [0.3, 0.4) is 0 Å². The van der Waals surface area contributed by atoms with Crippen molar-refractivity contribution in [1.29, 1.82) is 0 Å². The Morgan fingerprint density at radius 3 is 2.33 bits per heavy atom. The Hall–Kier alpha value is -3.09. The van der Waals surface area contributed by atoms with Gasteiger partial charge in [-0.15, -0.1) is 21.5 Å². The van der Waals surface area contributed by atoms with Gasteiger partial charge in [0, 0.05) is 12.1 Å². The van der Waals surface area contributed by atoms with Gasteiger partial charge in [-0.3, -0.25) is 4.79 Å². The minimum Gasteiger partial charge on any atom is -0.486 e. The number of hydrogen-bond acceptors (Lipinski definition) is 10. The van der Waals surface area contributed by atoms with E-state index in [1.165, 1.54) is 26.0 Å². The zero-order chi connectivity index (χ0) is 26.6. The minimum atomic E-state index is -0.661. The van der Waals surface area contributed by atoms with Crippen molar-refractivity contribution in [2.75, 3.05) is 25.3 Å². The summed E-state index contributed by atoms with van der Waals surface area (Å²) in [6.45, 7) is 5.59. The van der Waals surface area contributed by atoms with Gasteiger partial charge in [-0.05, 0) is 49.6 Å². The first-order valence-corrected chi connectivity index (χ1v) is 12.8. The molecule has 0 aliphatic rings. The molecule has 0 saturated heterocycles. The van der Waals surface area contributed by atoms with E-state index in [-0.39, 0.29) is 27.8 Å². The fourth-order valence-corrected chi connectivity index (χ4v) is 5.23. The number of amides is 1. The Morgan fingerprint density at radius 2 is 1.72 bits per heavy atom. The number of aryl methyl sites for hydroxylation is 2. The van der Waals surface area contributed by atoms with Crippen LogP contribution >= 0.6 is 34.7 Å². The summed E-state index contributed by atoms with van der Waals surface area (Å²) >= 11 is 8.33. The van der Waals surface area contributed by atoms with E-state index in [4.69, 9.17) is 25.8 Å². The van der Waals surface area contributed by atoms with E-state index >= 15 is 0 Å². The SMILES string of the molecule is COC(=O)c1sc(NC(=O)CSc2nnc(COc3cc(C)c(Cl)c(C)c3)n2C)c(C(=O)OC)c1C. The van der Waals surface area contributed by atoms with E-state index in [1.54, 1.807) is 18.5 Å². The first kappa shape index (κ1) is 27.5. The number of hydrogen-bond donors (Lipinski definition) is 1. The summed E-state index contributed by atoms with van der Waals surface area (Å²) < 4.78 is 17.1. The third kappa shape index (κ3) is 6.00. The highest BCUT2D eigenvalue weighted by Gasteiger charge is 2.27. The van der Waals surface area contributed by atoms with Gasteiger partial charge in [0.05, 0.1) is 25.5 Å². The van der Waals surface area contributed by atoms with Crippen LogP contribution in [0.15, 0.2) is 17.3 Å². The number of ether oxygens (including phenoxy) is 3. The van der Waals surface area contributed by atoms with Gasteiger partial charge in [-0.1, -0.05) is 23.4 Å². The molecule has 0 unspecified atom stereocenters. The van der Waals surface area contributed by atoms with Crippen LogP contribution in [-0.2, 0) is 27.9 Å². The van der Waals surface area contributed by atoms with Crippen molar-refractivity contribution >= 4 is 57.5 Å². The number of benzene rings is 1. The van der Waals surface area contributed by atoms with Gasteiger partial charge in [0.1, 0.15) is 22.2 Å². The molecule has 3 rings (SSSR count). The van der Waals surface area contributed by atoms with Gasteiger partial charge in [0.15, 0.2) is 11.0 Å². The summed E-state index contributed by atoms with van der Waals surface area (Å²) in [5.41, 5.74) is 2.33. The lowest BCUT2D eigenvalue weighted by atomic mass is 10.1. The van der Waals surface area contributed by atoms with Crippen LogP contribution in [0.2, 0.25) is 5.02 Å². The molecule has 1 aromatic carbocycles. The molecule has 1 N–H and O–H groups in total. The molecule has 0 fully saturated rings. The third-order valence-corrected chi connectivity index (χ3v) is 8.00. The number of carbonyl (C=O) groups is 3. The molecule has 2 aromatic heterocycles. The topological polar surface area (TPSA) is 122 Å². The predicted octanol–water partition coefficient (Wildman–Crippen LogP) is 4.34. The normalized spacial score (nSPS) is 10.8. The number of esters is 2. The quantitative estimate of drug-likeness (QED) is 0.305. The van der Waals surface area contributed by atoms with Gasteiger partial charge in [0.2, 0.25) is 5.91 Å². The van der Waals surface area contributed by atoms with Crippen LogP contribution in [0.4, 0.5) is 5.00 Å². The average Bonchev–Trinajstić information content (AvgIpc) is 3.37. The van der Waals surface area contributed by atoms with Gasteiger partial charge < -0.3 is 24.1 Å². The Morgan fingerprint density at radius 1 is 1.08 bits per heavy atom. The molecule has 3 aromatic rings. The molecule has 2 heterocycles. The zero-order valence-corrected chi connectivity index (χ0v) is 22.9. The van der Waals surface area contributed by atoms with Crippen LogP contribution in [0.25, 0.3) is 0 Å². The lowest BCUT2D eigenvalue weighted by Gasteiger charge is -2.10. The van der Waals surface area contributed by atoms with Crippen LogP contribution in [0.1, 0.15) is 42.5 Å². The summed E-state index contributed by atoms with van der Waals surface area (Å²) in [4.78, 5) is 37.1. The Balaban J connectivity index is 1.65. The molecule has 0 aliphatic carbocycles. The van der Waals surface area contributed by atoms with E-state index in [0.717, 1.165) is 22.5 Å². The minimum absolute atomic E-state index is 0.00643. The second-order valence-corrected chi connectivity index (χ2v) is 10.0. The van der Waals surface area contributed by atoms with Crippen molar-refractivity contribution in [2.45, 2.75) is 32.5 Å². The fourth-order valence-electron chi connectivity index (χ4n) is 3.26. The zero-order valence-electron chi connectivity index (χ0n) is 20.6. The van der Waals surface area contributed by atoms with Crippen molar-refractivity contribution < 1.29 is 28.6 Å². The highest BCUT2D eigenvalue weighted by atomic mass is 35.5. The highest BCUT2D eigenvalue weighted by molar-refractivity contribution is 7.99. The Labute approximate surface area is 221 Å². The van der Waals surface area contributed by atoms with Gasteiger partial charge in [0.25, 0.3) is 0 Å². The number of halogens is 1. The van der Waals surface area contributed by atoms with Crippen molar-refractivity contribution in [1.82, 2.24) is 14.8 Å². The van der Waals surface area contributed by atoms with Crippen molar-refractivity contribution in [3.8, 4) is 5.75 Å². The van der Waals surface area contributed by atoms with E-state index in [0.29, 0.717) is 27.3 Å². The summed E-state index contributed by atoms with van der Waals surface area (Å²) in [6.07, 6.45) is 0. The molecule has 0 bridgehead atoms. The lowest BCUT2D eigenvalue weighted by molar-refractivity contribution is -0.113. The Kier molecular flexibility index (Phi) is 8.98. The molecule has 10 nitrogen and oxygen atoms in total. The second-order valence-electron chi connectivity index (χ2n) is 7.70. The van der Waals surface area contributed by atoms with Crippen LogP contribution < -0.4 is 10.1 Å². The van der Waals surface area contributed by atoms with Crippen molar-refractivity contribution in [2.24, 2.45) is 7.05 Å². The first-order chi connectivity index (χ1) is 17.1. The molecule has 0 saturated carbocycles. The lowest BCUT2D eigenvalue weighted by Crippen LogP contribution is -2.16. The van der Waals surface area contributed by atoms with Crippen molar-refractivity contribution in [3.63, 3.8) is 0 Å². The van der Waals surface area contributed by atoms with E-state index in [9.17, 15) is 14.4 Å². The van der Waals surface area contributed by atoms with Gasteiger partial charge in [-0.25, -0.2) is 9.59 Å². The largest absolute Gasteiger partial charge is 0.486 e. The fraction of sp³-hybridized carbons (Fsp3) is 0.348. The summed E-state index contributed by atoms with van der Waals surface area (Å²) in [7, 11) is 4.24. The van der Waals surface area contributed by atoms with E-state index in [2.05, 4.69) is 15.5 Å². The number of carbonyl (C=O) groups excluding carboxylic acids is 3. The molecule has 0 spiro atoms. The van der Waals surface area contributed by atoms with Gasteiger partial charge >= 0.3 is 11.9 Å². The number of nitrogens with zero attached hydrogens (tertiary/aromatic N) is 3. The predicted molar refractivity (Wildman–Crippen MR) is 137 cm³/mol. The number of anilines is 1. The molecule has 0 atom stereocenters. The molecule has 0 aliphatic heterocycles. The molecular formula is C23H25ClN4O6S2. The monoisotopic (exact) mass is 552 g/mol. The second kappa shape index (κ2) is 11.8. The number of methoxy groups -OCH3 is 2. The molecule has 36 heavy (non-hydrogen) atoms. The number of rotatable bonds is 9. The average molecular weight is 553 g/mol. The third-order valence-electron chi connectivity index (χ3n) is 5.20. The summed E-state index contributed by atoms with van der Waals surface area (Å²) in [6, 6.07) is 3.71. The molecular weight excluding hydrogens is 528 g/mol. The van der Waals surface area contributed by atoms with Gasteiger partial charge in [-0.2, -0.15) is 0 Å². The Bertz CT molecular complexity index is 1300.